The minimum atomic E-state index is -2.07. The number of Topliss-reactive ketones (excluding diaryl/α,β-unsaturated/α-hetero) is 1. The molecule has 0 unspecified atom stereocenters. The van der Waals surface area contributed by atoms with Gasteiger partial charge < -0.3 is 18.6 Å². The molecule has 1 aliphatic carbocycles. The third-order valence-corrected chi connectivity index (χ3v) is 11.5. The van der Waals surface area contributed by atoms with Crippen LogP contribution < -0.4 is 0 Å². The zero-order chi connectivity index (χ0) is 22.8. The second kappa shape index (κ2) is 8.85. The monoisotopic (exact) mass is 440 g/mol. The van der Waals surface area contributed by atoms with Gasteiger partial charge in [0.15, 0.2) is 14.1 Å². The number of ketones is 1. The van der Waals surface area contributed by atoms with E-state index >= 15 is 0 Å². The smallest absolute Gasteiger partial charge is 0.306 e. The molecule has 7 heteroatoms. The predicted molar refractivity (Wildman–Crippen MR) is 119 cm³/mol. The molecule has 1 saturated heterocycles. The molecule has 6 nitrogen and oxygen atoms in total. The van der Waals surface area contributed by atoms with Crippen LogP contribution in [0.5, 0.6) is 0 Å². The number of hydrogen-bond acceptors (Lipinski definition) is 6. The van der Waals surface area contributed by atoms with E-state index in [-0.39, 0.29) is 29.8 Å². The van der Waals surface area contributed by atoms with E-state index in [1.54, 1.807) is 13.0 Å². The van der Waals surface area contributed by atoms with E-state index in [1.807, 2.05) is 6.92 Å². The molecule has 0 radical (unpaired) electrons. The van der Waals surface area contributed by atoms with Crippen molar-refractivity contribution in [1.82, 2.24) is 0 Å². The van der Waals surface area contributed by atoms with Gasteiger partial charge in [0.1, 0.15) is 5.78 Å². The molecule has 1 aliphatic heterocycles. The van der Waals surface area contributed by atoms with Crippen molar-refractivity contribution in [2.24, 2.45) is 10.8 Å². The van der Waals surface area contributed by atoms with Crippen LogP contribution in [0.15, 0.2) is 12.7 Å². The van der Waals surface area contributed by atoms with Crippen molar-refractivity contribution in [3.63, 3.8) is 0 Å². The summed E-state index contributed by atoms with van der Waals surface area (Å²) < 4.78 is 23.8. The Bertz CT molecular complexity index is 661. The Morgan fingerprint density at radius 3 is 2.33 bits per heavy atom. The molecule has 0 amide bonds. The average molecular weight is 441 g/mol. The molecule has 2 fully saturated rings. The highest BCUT2D eigenvalue weighted by Crippen LogP contribution is 2.55. The van der Waals surface area contributed by atoms with E-state index in [0.717, 1.165) is 0 Å². The lowest BCUT2D eigenvalue weighted by Gasteiger charge is -2.51. The van der Waals surface area contributed by atoms with Crippen molar-refractivity contribution in [2.75, 3.05) is 26.4 Å². The molecule has 2 aliphatic rings. The molecule has 0 aromatic heterocycles. The normalized spacial score (nSPS) is 29.2. The summed E-state index contributed by atoms with van der Waals surface area (Å²) in [5.74, 6) is -1.24. The number of carbonyl (C=O) groups is 2. The molecule has 0 bridgehead atoms. The summed E-state index contributed by atoms with van der Waals surface area (Å²) >= 11 is 0. The molecular formula is C23H40O6Si. The maximum absolute atomic E-state index is 14.0. The van der Waals surface area contributed by atoms with Crippen molar-refractivity contribution >= 4 is 20.1 Å². The van der Waals surface area contributed by atoms with Gasteiger partial charge in [0.25, 0.3) is 0 Å². The molecule has 0 aromatic carbocycles. The third-order valence-electron chi connectivity index (χ3n) is 6.99. The van der Waals surface area contributed by atoms with Gasteiger partial charge in [-0.05, 0) is 31.5 Å². The number of hydrogen-bond donors (Lipinski definition) is 0. The Morgan fingerprint density at radius 2 is 1.83 bits per heavy atom. The third kappa shape index (κ3) is 5.06. The summed E-state index contributed by atoms with van der Waals surface area (Å²) in [6.45, 7) is 20.0. The molecule has 2 rings (SSSR count). The molecule has 2 atom stereocenters. The van der Waals surface area contributed by atoms with Crippen LogP contribution in [0, 0.1) is 10.8 Å². The number of carbonyl (C=O) groups excluding carboxylic acids is 2. The fourth-order valence-corrected chi connectivity index (χ4v) is 5.60. The zero-order valence-corrected chi connectivity index (χ0v) is 20.9. The van der Waals surface area contributed by atoms with Crippen LogP contribution in [0.1, 0.15) is 60.3 Å². The quantitative estimate of drug-likeness (QED) is 0.311. The average Bonchev–Trinajstić information content (AvgIpc) is 3.05. The highest BCUT2D eigenvalue weighted by atomic mass is 28.4. The van der Waals surface area contributed by atoms with E-state index in [4.69, 9.17) is 18.6 Å². The SMILES string of the molecule is C=CC[C@@]1(CC(=O)OCC)CC2(C[C@@](C)(CO[Si](C)(C)C(C)(C)C)C1=O)OCCO2. The van der Waals surface area contributed by atoms with Crippen molar-refractivity contribution < 1.29 is 28.2 Å². The van der Waals surface area contributed by atoms with Crippen LogP contribution in [0.25, 0.3) is 0 Å². The summed E-state index contributed by atoms with van der Waals surface area (Å²) in [5, 5.41) is 0.0300. The molecule has 0 N–H and O–H groups in total. The Morgan fingerprint density at radius 1 is 1.23 bits per heavy atom. The maximum Gasteiger partial charge on any atom is 0.306 e. The molecule has 172 valence electrons. The van der Waals surface area contributed by atoms with Crippen LogP contribution in [0.4, 0.5) is 0 Å². The summed E-state index contributed by atoms with van der Waals surface area (Å²) in [4.78, 5) is 26.5. The van der Waals surface area contributed by atoms with Gasteiger partial charge in [0.2, 0.25) is 0 Å². The second-order valence-electron chi connectivity index (χ2n) is 10.7. The van der Waals surface area contributed by atoms with Gasteiger partial charge >= 0.3 is 5.97 Å². The topological polar surface area (TPSA) is 71.1 Å². The Hall–Kier alpha value is -1.02. The van der Waals surface area contributed by atoms with Crippen LogP contribution in [-0.2, 0) is 28.2 Å². The van der Waals surface area contributed by atoms with Crippen molar-refractivity contribution in [3.05, 3.63) is 12.7 Å². The summed E-state index contributed by atoms with van der Waals surface area (Å²) in [6.07, 6.45) is 2.83. The van der Waals surface area contributed by atoms with Crippen molar-refractivity contribution in [3.8, 4) is 0 Å². The first-order valence-corrected chi connectivity index (χ1v) is 13.9. The van der Waals surface area contributed by atoms with Crippen molar-refractivity contribution in [2.45, 2.75) is 84.2 Å². The molecule has 1 spiro atoms. The van der Waals surface area contributed by atoms with Gasteiger partial charge in [-0.15, -0.1) is 6.58 Å². The van der Waals surface area contributed by atoms with E-state index in [0.29, 0.717) is 39.1 Å². The number of ether oxygens (including phenoxy) is 3. The fourth-order valence-electron chi connectivity index (χ4n) is 4.49. The van der Waals surface area contributed by atoms with Gasteiger partial charge in [-0.25, -0.2) is 0 Å². The van der Waals surface area contributed by atoms with Gasteiger partial charge in [-0.3, -0.25) is 9.59 Å². The summed E-state index contributed by atoms with van der Waals surface area (Å²) in [7, 11) is -2.07. The Labute approximate surface area is 182 Å². The number of esters is 1. The van der Waals surface area contributed by atoms with Crippen LogP contribution in [0.2, 0.25) is 18.1 Å². The standard InChI is InChI=1S/C23H40O6Si/c1-9-11-22(14-18(24)26-10-2)16-23(27-12-13-28-23)15-21(6,19(22)25)17-29-30(7,8)20(3,4)5/h9H,1,10-17H2,2-8H3/t21-,22+/m0/s1. The Balaban J connectivity index is 2.42. The lowest BCUT2D eigenvalue weighted by atomic mass is 9.57. The van der Waals surface area contributed by atoms with Crippen molar-refractivity contribution in [1.29, 1.82) is 0 Å². The molecule has 30 heavy (non-hydrogen) atoms. The number of rotatable bonds is 8. The van der Waals surface area contributed by atoms with Gasteiger partial charge in [0, 0.05) is 24.9 Å². The first-order valence-electron chi connectivity index (χ1n) is 11.0. The van der Waals surface area contributed by atoms with Crippen LogP contribution in [-0.4, -0.2) is 52.3 Å². The molecule has 1 heterocycles. The van der Waals surface area contributed by atoms with Crippen LogP contribution >= 0.6 is 0 Å². The molecule has 0 aromatic rings. The van der Waals surface area contributed by atoms with Crippen LogP contribution in [0.3, 0.4) is 0 Å². The number of allylic oxidation sites excluding steroid dienone is 1. The second-order valence-corrected chi connectivity index (χ2v) is 15.5. The maximum atomic E-state index is 14.0. The minimum Gasteiger partial charge on any atom is -0.466 e. The summed E-state index contributed by atoms with van der Waals surface area (Å²) in [5.41, 5.74) is -1.80. The summed E-state index contributed by atoms with van der Waals surface area (Å²) in [6, 6.07) is 0. The first-order chi connectivity index (χ1) is 13.7. The largest absolute Gasteiger partial charge is 0.466 e. The van der Waals surface area contributed by atoms with E-state index in [9.17, 15) is 9.59 Å². The first kappa shape index (κ1) is 25.2. The van der Waals surface area contributed by atoms with E-state index in [1.165, 1.54) is 0 Å². The van der Waals surface area contributed by atoms with Gasteiger partial charge in [0.05, 0.1) is 31.7 Å². The minimum absolute atomic E-state index is 0.00412. The highest BCUT2D eigenvalue weighted by Gasteiger charge is 2.62. The highest BCUT2D eigenvalue weighted by molar-refractivity contribution is 6.74. The van der Waals surface area contributed by atoms with E-state index in [2.05, 4.69) is 40.4 Å². The predicted octanol–water partition coefficient (Wildman–Crippen LogP) is 4.64. The lowest BCUT2D eigenvalue weighted by molar-refractivity contribution is -0.227. The molecular weight excluding hydrogens is 400 g/mol. The zero-order valence-electron chi connectivity index (χ0n) is 19.9. The molecule has 1 saturated carbocycles. The van der Waals surface area contributed by atoms with Gasteiger partial charge in [-0.1, -0.05) is 33.8 Å². The van der Waals surface area contributed by atoms with Gasteiger partial charge in [-0.2, -0.15) is 0 Å². The van der Waals surface area contributed by atoms with E-state index < -0.39 is 24.9 Å². The lowest BCUT2D eigenvalue weighted by Crippen LogP contribution is -2.59. The fraction of sp³-hybridized carbons (Fsp3) is 0.826. The Kier molecular flexibility index (Phi) is 7.44.